The van der Waals surface area contributed by atoms with E-state index in [1.807, 2.05) is 5.32 Å². The Morgan fingerprint density at radius 2 is 1.14 bits per heavy atom. The molecule has 0 saturated carbocycles. The van der Waals surface area contributed by atoms with Crippen molar-refractivity contribution >= 4 is 28.7 Å². The van der Waals surface area contributed by atoms with Gasteiger partial charge in [0.15, 0.2) is 28.4 Å². The quantitative estimate of drug-likeness (QED) is 0.369. The Hall–Kier alpha value is -2.29. The summed E-state index contributed by atoms with van der Waals surface area (Å²) in [5, 5.41) is 3.85. The van der Waals surface area contributed by atoms with Gasteiger partial charge in [-0.3, -0.25) is 0 Å². The minimum atomic E-state index is -2.27. The molecule has 0 radical (unpaired) electrons. The first-order valence-electron chi connectivity index (χ1n) is 5.66. The minimum Gasteiger partial charge on any atom is -0.332 e. The number of nitrogens with one attached hydrogen (secondary N) is 2. The lowest BCUT2D eigenvalue weighted by Gasteiger charge is -2.13. The molecule has 0 bridgehead atoms. The highest BCUT2D eigenvalue weighted by atomic mass is 32.1. The van der Waals surface area contributed by atoms with Crippen molar-refractivity contribution in [3.8, 4) is 0 Å². The average molecular weight is 336 g/mol. The third-order valence-corrected chi connectivity index (χ3v) is 2.75. The molecule has 0 heterocycles. The van der Waals surface area contributed by atoms with Crippen LogP contribution in [0.2, 0.25) is 0 Å². The van der Waals surface area contributed by atoms with E-state index in [0.29, 0.717) is 0 Å². The lowest BCUT2D eigenvalue weighted by molar-refractivity contribution is 0.382. The van der Waals surface area contributed by atoms with Crippen LogP contribution >= 0.6 is 12.2 Å². The van der Waals surface area contributed by atoms with Crippen LogP contribution in [0.25, 0.3) is 0 Å². The van der Waals surface area contributed by atoms with Crippen LogP contribution in [0.1, 0.15) is 0 Å². The Kier molecular flexibility index (Phi) is 4.55. The van der Waals surface area contributed by atoms with Gasteiger partial charge in [-0.15, -0.1) is 0 Å². The molecular weight excluding hydrogens is 330 g/mol. The smallest absolute Gasteiger partial charge is 0.200 e. The van der Waals surface area contributed by atoms with Crippen molar-refractivity contribution in [2.45, 2.75) is 0 Å². The zero-order valence-electron chi connectivity index (χ0n) is 10.5. The number of hydrogen-bond acceptors (Lipinski definition) is 1. The van der Waals surface area contributed by atoms with Gasteiger partial charge < -0.3 is 10.6 Å². The molecule has 0 saturated heterocycles. The van der Waals surface area contributed by atoms with Crippen LogP contribution in [-0.4, -0.2) is 5.11 Å². The Balaban J connectivity index is 2.24. The molecular formula is C13H6F6N2S. The van der Waals surface area contributed by atoms with E-state index in [0.717, 1.165) is 12.1 Å². The summed E-state index contributed by atoms with van der Waals surface area (Å²) in [4.78, 5) is 0. The molecule has 0 aromatic heterocycles. The lowest BCUT2D eigenvalue weighted by atomic mass is 10.2. The predicted molar refractivity (Wildman–Crippen MR) is 72.5 cm³/mol. The fraction of sp³-hybridized carbons (Fsp3) is 0. The Bertz CT molecular complexity index is 703. The molecule has 0 aliphatic rings. The number of halogens is 6. The maximum atomic E-state index is 13.4. The number of benzene rings is 2. The van der Waals surface area contributed by atoms with E-state index in [2.05, 4.69) is 5.32 Å². The van der Waals surface area contributed by atoms with Crippen molar-refractivity contribution in [1.82, 2.24) is 0 Å². The van der Waals surface area contributed by atoms with Gasteiger partial charge in [-0.2, -0.15) is 0 Å². The molecule has 0 fully saturated rings. The van der Waals surface area contributed by atoms with Crippen molar-refractivity contribution < 1.29 is 26.3 Å². The Labute approximate surface area is 125 Å². The zero-order chi connectivity index (χ0) is 16.4. The van der Waals surface area contributed by atoms with Crippen LogP contribution in [0.15, 0.2) is 24.3 Å². The molecule has 22 heavy (non-hydrogen) atoms. The molecule has 2 rings (SSSR count). The molecule has 9 heteroatoms. The third kappa shape index (κ3) is 3.14. The first kappa shape index (κ1) is 16.1. The van der Waals surface area contributed by atoms with E-state index < -0.39 is 45.7 Å². The second-order valence-electron chi connectivity index (χ2n) is 4.03. The standard InChI is InChI=1S/C13H6F6N2S/c14-5-1-3-6(4-2-5)20-13(22)21-12-10(18)8(16)7(15)9(17)11(12)19/h1-4H,(H2,20,21,22). The van der Waals surface area contributed by atoms with Gasteiger partial charge in [0.05, 0.1) is 0 Å². The topological polar surface area (TPSA) is 24.1 Å². The summed E-state index contributed by atoms with van der Waals surface area (Å²) in [6.45, 7) is 0. The molecule has 0 aliphatic heterocycles. The zero-order valence-corrected chi connectivity index (χ0v) is 11.3. The Morgan fingerprint density at radius 3 is 1.64 bits per heavy atom. The summed E-state index contributed by atoms with van der Waals surface area (Å²) >= 11 is 4.70. The maximum absolute atomic E-state index is 13.4. The normalized spacial score (nSPS) is 10.5. The van der Waals surface area contributed by atoms with Gasteiger partial charge in [0, 0.05) is 5.69 Å². The van der Waals surface area contributed by atoms with E-state index in [4.69, 9.17) is 12.2 Å². The molecule has 0 aliphatic carbocycles. The molecule has 2 aromatic rings. The van der Waals surface area contributed by atoms with Gasteiger partial charge >= 0.3 is 0 Å². The molecule has 0 spiro atoms. The largest absolute Gasteiger partial charge is 0.332 e. The molecule has 2 nitrogen and oxygen atoms in total. The monoisotopic (exact) mass is 336 g/mol. The van der Waals surface area contributed by atoms with Gasteiger partial charge in [0.25, 0.3) is 0 Å². The van der Waals surface area contributed by atoms with Gasteiger partial charge in [0.2, 0.25) is 5.82 Å². The maximum Gasteiger partial charge on any atom is 0.200 e. The van der Waals surface area contributed by atoms with E-state index in [1.165, 1.54) is 12.1 Å². The first-order chi connectivity index (χ1) is 10.3. The van der Waals surface area contributed by atoms with Crippen LogP contribution in [0.3, 0.4) is 0 Å². The molecule has 116 valence electrons. The predicted octanol–water partition coefficient (Wildman–Crippen LogP) is 4.33. The second-order valence-corrected chi connectivity index (χ2v) is 4.44. The van der Waals surface area contributed by atoms with Crippen molar-refractivity contribution in [2.75, 3.05) is 10.6 Å². The van der Waals surface area contributed by atoms with E-state index in [9.17, 15) is 26.3 Å². The minimum absolute atomic E-state index is 0.253. The number of rotatable bonds is 2. The summed E-state index contributed by atoms with van der Waals surface area (Å²) in [7, 11) is 0. The van der Waals surface area contributed by atoms with Gasteiger partial charge in [-0.1, -0.05) is 0 Å². The van der Waals surface area contributed by atoms with Crippen LogP contribution in [0, 0.1) is 34.9 Å². The third-order valence-electron chi connectivity index (χ3n) is 2.55. The second kappa shape index (κ2) is 6.22. The summed E-state index contributed by atoms with van der Waals surface area (Å²) in [6.07, 6.45) is 0. The van der Waals surface area contributed by atoms with Gasteiger partial charge in [0.1, 0.15) is 11.5 Å². The number of thiocarbonyl (C=S) groups is 1. The molecule has 2 aromatic carbocycles. The highest BCUT2D eigenvalue weighted by Crippen LogP contribution is 2.27. The molecule has 0 amide bonds. The van der Waals surface area contributed by atoms with Crippen LogP contribution in [0.4, 0.5) is 37.7 Å². The summed E-state index contributed by atoms with van der Waals surface area (Å²) in [6, 6.07) is 4.70. The van der Waals surface area contributed by atoms with E-state index >= 15 is 0 Å². The van der Waals surface area contributed by atoms with Crippen molar-refractivity contribution in [3.05, 3.63) is 59.2 Å². The first-order valence-corrected chi connectivity index (χ1v) is 6.07. The Morgan fingerprint density at radius 1 is 0.682 bits per heavy atom. The van der Waals surface area contributed by atoms with Crippen LogP contribution < -0.4 is 10.6 Å². The van der Waals surface area contributed by atoms with Crippen molar-refractivity contribution in [1.29, 1.82) is 0 Å². The van der Waals surface area contributed by atoms with Crippen molar-refractivity contribution in [3.63, 3.8) is 0 Å². The molecule has 0 atom stereocenters. The highest BCUT2D eigenvalue weighted by molar-refractivity contribution is 7.80. The van der Waals surface area contributed by atoms with Gasteiger partial charge in [-0.05, 0) is 36.5 Å². The SMILES string of the molecule is Fc1ccc(NC(=S)Nc2c(F)c(F)c(F)c(F)c2F)cc1. The lowest BCUT2D eigenvalue weighted by Crippen LogP contribution is -2.22. The fourth-order valence-electron chi connectivity index (χ4n) is 1.52. The van der Waals surface area contributed by atoms with E-state index in [1.54, 1.807) is 0 Å². The fourth-order valence-corrected chi connectivity index (χ4v) is 1.74. The van der Waals surface area contributed by atoms with Crippen LogP contribution in [0.5, 0.6) is 0 Å². The summed E-state index contributed by atoms with van der Waals surface area (Å²) < 4.78 is 78.5. The van der Waals surface area contributed by atoms with Gasteiger partial charge in [-0.25, -0.2) is 26.3 Å². The molecule has 2 N–H and O–H groups in total. The average Bonchev–Trinajstić information content (AvgIpc) is 2.50. The van der Waals surface area contributed by atoms with Crippen LogP contribution in [-0.2, 0) is 0 Å². The number of hydrogen-bond donors (Lipinski definition) is 2. The molecule has 0 unspecified atom stereocenters. The summed E-state index contributed by atoms with van der Waals surface area (Å²) in [5.41, 5.74) is -1.03. The summed E-state index contributed by atoms with van der Waals surface area (Å²) in [5.74, 6) is -11.1. The number of anilines is 2. The van der Waals surface area contributed by atoms with E-state index in [-0.39, 0.29) is 5.69 Å². The highest BCUT2D eigenvalue weighted by Gasteiger charge is 2.26. The van der Waals surface area contributed by atoms with Crippen molar-refractivity contribution in [2.24, 2.45) is 0 Å².